The standard InChI is InChI=1S/C24H32N6OS/c1-30(2)24-28-23-21(32-24)20(14-6-4-3-5-7-14)26-22(27-23)16-10-11-31-18(12-16)17-13-25-29-19(17)15-8-9-15/h13-16,18H,3-12H2,1-2H3,(H,25,29)/t16-,18+/m0/s1. The lowest BCUT2D eigenvalue weighted by atomic mass is 9.86. The van der Waals surface area contributed by atoms with Gasteiger partial charge in [0.2, 0.25) is 0 Å². The summed E-state index contributed by atoms with van der Waals surface area (Å²) < 4.78 is 7.42. The van der Waals surface area contributed by atoms with E-state index in [1.807, 2.05) is 6.20 Å². The Kier molecular flexibility index (Phi) is 5.38. The highest BCUT2D eigenvalue weighted by Gasteiger charge is 2.35. The molecule has 3 fully saturated rings. The van der Waals surface area contributed by atoms with Crippen molar-refractivity contribution in [2.45, 2.75) is 81.6 Å². The summed E-state index contributed by atoms with van der Waals surface area (Å²) in [4.78, 5) is 17.3. The van der Waals surface area contributed by atoms with Crippen molar-refractivity contribution >= 4 is 26.8 Å². The number of H-pyrrole nitrogens is 1. The molecule has 2 atom stereocenters. The molecule has 6 rings (SSSR count). The van der Waals surface area contributed by atoms with Gasteiger partial charge in [-0.2, -0.15) is 10.1 Å². The van der Waals surface area contributed by atoms with Gasteiger partial charge in [0.05, 0.1) is 22.7 Å². The molecule has 7 nitrogen and oxygen atoms in total. The van der Waals surface area contributed by atoms with Crippen LogP contribution in [0.3, 0.4) is 0 Å². The van der Waals surface area contributed by atoms with E-state index < -0.39 is 0 Å². The zero-order valence-electron chi connectivity index (χ0n) is 19.0. The first-order valence-electron chi connectivity index (χ1n) is 12.2. The molecule has 3 aliphatic rings. The normalized spacial score (nSPS) is 24.8. The fourth-order valence-corrected chi connectivity index (χ4v) is 6.38. The maximum atomic E-state index is 6.23. The maximum Gasteiger partial charge on any atom is 0.187 e. The zero-order valence-corrected chi connectivity index (χ0v) is 19.8. The van der Waals surface area contributed by atoms with E-state index in [0.29, 0.717) is 17.8 Å². The van der Waals surface area contributed by atoms with Gasteiger partial charge >= 0.3 is 0 Å². The maximum absolute atomic E-state index is 6.23. The number of ether oxygens (including phenoxy) is 1. The van der Waals surface area contributed by atoms with Crippen LogP contribution < -0.4 is 4.90 Å². The molecular formula is C24H32N6OS. The summed E-state index contributed by atoms with van der Waals surface area (Å²) in [6.45, 7) is 0.741. The van der Waals surface area contributed by atoms with Crippen molar-refractivity contribution in [1.29, 1.82) is 0 Å². The van der Waals surface area contributed by atoms with E-state index in [9.17, 15) is 0 Å². The van der Waals surface area contributed by atoms with E-state index in [0.717, 1.165) is 36.1 Å². The lowest BCUT2D eigenvalue weighted by Gasteiger charge is -2.29. The number of aromatic amines is 1. The number of anilines is 1. The number of fused-ring (bicyclic) bond motifs is 1. The number of rotatable bonds is 5. The van der Waals surface area contributed by atoms with Crippen LogP contribution in [0.2, 0.25) is 0 Å². The van der Waals surface area contributed by atoms with Gasteiger partial charge in [-0.15, -0.1) is 0 Å². The molecule has 8 heteroatoms. The van der Waals surface area contributed by atoms with Crippen LogP contribution in [0.1, 0.15) is 104 Å². The van der Waals surface area contributed by atoms with Gasteiger partial charge in [-0.05, 0) is 38.5 Å². The van der Waals surface area contributed by atoms with Gasteiger partial charge in [0.15, 0.2) is 10.8 Å². The molecule has 3 aromatic rings. The van der Waals surface area contributed by atoms with E-state index >= 15 is 0 Å². The Morgan fingerprint density at radius 2 is 1.81 bits per heavy atom. The van der Waals surface area contributed by atoms with Crippen LogP contribution in [0.4, 0.5) is 5.13 Å². The summed E-state index contributed by atoms with van der Waals surface area (Å²) in [7, 11) is 4.11. The smallest absolute Gasteiger partial charge is 0.187 e. The molecule has 170 valence electrons. The van der Waals surface area contributed by atoms with E-state index in [4.69, 9.17) is 19.7 Å². The highest BCUT2D eigenvalue weighted by Crippen LogP contribution is 2.46. The van der Waals surface area contributed by atoms with Crippen molar-refractivity contribution in [3.05, 3.63) is 29.0 Å². The average molecular weight is 453 g/mol. The minimum atomic E-state index is 0.0771. The van der Waals surface area contributed by atoms with Crippen molar-refractivity contribution < 1.29 is 4.74 Å². The Morgan fingerprint density at radius 1 is 0.969 bits per heavy atom. The number of hydrogen-bond acceptors (Lipinski definition) is 7. The van der Waals surface area contributed by atoms with E-state index in [1.54, 1.807) is 11.3 Å². The van der Waals surface area contributed by atoms with Gasteiger partial charge in [-0.1, -0.05) is 30.6 Å². The molecule has 1 aliphatic heterocycles. The Labute approximate surface area is 193 Å². The molecule has 1 saturated heterocycles. The molecule has 0 spiro atoms. The Bertz CT molecular complexity index is 1100. The second-order valence-electron chi connectivity index (χ2n) is 9.94. The van der Waals surface area contributed by atoms with Crippen LogP contribution in [0.25, 0.3) is 10.3 Å². The van der Waals surface area contributed by atoms with Crippen LogP contribution in [0.5, 0.6) is 0 Å². The van der Waals surface area contributed by atoms with Gasteiger partial charge < -0.3 is 9.64 Å². The number of thiazole rings is 1. The minimum Gasteiger partial charge on any atom is -0.373 e. The van der Waals surface area contributed by atoms with Crippen LogP contribution >= 0.6 is 11.3 Å². The predicted octanol–water partition coefficient (Wildman–Crippen LogP) is 5.44. The third-order valence-corrected chi connectivity index (χ3v) is 8.58. The molecule has 2 aliphatic carbocycles. The molecule has 0 unspecified atom stereocenters. The lowest BCUT2D eigenvalue weighted by Crippen LogP contribution is -2.21. The van der Waals surface area contributed by atoms with Crippen LogP contribution in [-0.2, 0) is 4.74 Å². The number of nitrogens with one attached hydrogen (secondary N) is 1. The monoisotopic (exact) mass is 452 g/mol. The Hall–Kier alpha value is -2.06. The largest absolute Gasteiger partial charge is 0.373 e. The van der Waals surface area contributed by atoms with E-state index in [1.165, 1.54) is 66.6 Å². The molecule has 0 amide bonds. The quantitative estimate of drug-likeness (QED) is 0.555. The molecular weight excluding hydrogens is 420 g/mol. The highest BCUT2D eigenvalue weighted by molar-refractivity contribution is 7.22. The fraction of sp³-hybridized carbons (Fsp3) is 0.667. The third kappa shape index (κ3) is 3.81. The van der Waals surface area contributed by atoms with Gasteiger partial charge in [0.25, 0.3) is 0 Å². The molecule has 2 saturated carbocycles. The summed E-state index contributed by atoms with van der Waals surface area (Å²) in [6.07, 6.45) is 12.9. The third-order valence-electron chi connectivity index (χ3n) is 7.34. The molecule has 0 aromatic carbocycles. The Morgan fingerprint density at radius 3 is 2.59 bits per heavy atom. The van der Waals surface area contributed by atoms with Crippen LogP contribution in [0.15, 0.2) is 6.20 Å². The van der Waals surface area contributed by atoms with Crippen molar-refractivity contribution in [2.75, 3.05) is 25.6 Å². The van der Waals surface area contributed by atoms with Gasteiger partial charge in [-0.25, -0.2) is 9.97 Å². The van der Waals surface area contributed by atoms with Crippen LogP contribution in [0, 0.1) is 0 Å². The average Bonchev–Trinajstić information content (AvgIpc) is 3.38. The Balaban J connectivity index is 1.35. The molecule has 0 radical (unpaired) electrons. The van der Waals surface area contributed by atoms with Gasteiger partial charge in [0, 0.05) is 49.7 Å². The first-order valence-corrected chi connectivity index (χ1v) is 13.0. The van der Waals surface area contributed by atoms with Gasteiger partial charge in [-0.3, -0.25) is 5.10 Å². The molecule has 0 bridgehead atoms. The SMILES string of the molecule is CN(C)c1nc2nc([C@H]3CCO[C@@H](c4cn[nH]c4C4CC4)C3)nc(C3CCCCC3)c2s1. The van der Waals surface area contributed by atoms with Crippen molar-refractivity contribution in [3.63, 3.8) is 0 Å². The van der Waals surface area contributed by atoms with E-state index in [-0.39, 0.29) is 6.10 Å². The number of hydrogen-bond donors (Lipinski definition) is 1. The van der Waals surface area contributed by atoms with Crippen molar-refractivity contribution in [1.82, 2.24) is 25.1 Å². The summed E-state index contributed by atoms with van der Waals surface area (Å²) in [5.41, 5.74) is 4.66. The highest BCUT2D eigenvalue weighted by atomic mass is 32.1. The minimum absolute atomic E-state index is 0.0771. The summed E-state index contributed by atoms with van der Waals surface area (Å²) in [5.74, 6) is 2.45. The molecule has 1 N–H and O–H groups in total. The summed E-state index contributed by atoms with van der Waals surface area (Å²) >= 11 is 1.74. The lowest BCUT2D eigenvalue weighted by molar-refractivity contribution is 0.00347. The topological polar surface area (TPSA) is 79.8 Å². The van der Waals surface area contributed by atoms with Gasteiger partial charge in [0.1, 0.15) is 5.82 Å². The fourth-order valence-electron chi connectivity index (χ4n) is 5.39. The van der Waals surface area contributed by atoms with Crippen molar-refractivity contribution in [3.8, 4) is 0 Å². The first-order chi connectivity index (χ1) is 15.7. The number of nitrogens with zero attached hydrogens (tertiary/aromatic N) is 5. The summed E-state index contributed by atoms with van der Waals surface area (Å²) in [5, 5.41) is 8.59. The predicted molar refractivity (Wildman–Crippen MR) is 127 cm³/mol. The second kappa shape index (κ2) is 8.37. The van der Waals surface area contributed by atoms with E-state index in [2.05, 4.69) is 29.2 Å². The zero-order chi connectivity index (χ0) is 21.7. The number of aromatic nitrogens is 5. The van der Waals surface area contributed by atoms with Crippen LogP contribution in [-0.4, -0.2) is 45.9 Å². The molecule has 4 heterocycles. The second-order valence-corrected chi connectivity index (χ2v) is 10.9. The van der Waals surface area contributed by atoms with Crippen molar-refractivity contribution in [2.24, 2.45) is 0 Å². The summed E-state index contributed by atoms with van der Waals surface area (Å²) in [6, 6.07) is 0. The molecule has 32 heavy (non-hydrogen) atoms. The molecule has 3 aromatic heterocycles. The first kappa shape index (κ1) is 20.5.